The molecular weight excluding hydrogens is 446 g/mol. The first kappa shape index (κ1) is 22.1. The Kier molecular flexibility index (Phi) is 4.97. The van der Waals surface area contributed by atoms with Gasteiger partial charge in [0.1, 0.15) is 0 Å². The summed E-state index contributed by atoms with van der Waals surface area (Å²) in [5.74, 6) is -0.490. The third-order valence-corrected chi connectivity index (χ3v) is 7.65. The number of rotatable bonds is 4. The van der Waals surface area contributed by atoms with E-state index in [1.807, 2.05) is 94.7 Å². The molecule has 6 rings (SSSR count). The smallest absolute Gasteiger partial charge is 0.262 e. The number of carbonyl (C=O) groups is 2. The molecule has 0 bridgehead atoms. The van der Waals surface area contributed by atoms with Gasteiger partial charge in [0, 0.05) is 58.4 Å². The van der Waals surface area contributed by atoms with E-state index in [-0.39, 0.29) is 18.4 Å². The summed E-state index contributed by atoms with van der Waals surface area (Å²) in [6, 6.07) is 25.8. The molecule has 5 heteroatoms. The summed E-state index contributed by atoms with van der Waals surface area (Å²) in [6.45, 7) is 4.28. The minimum absolute atomic E-state index is 0.235. The van der Waals surface area contributed by atoms with Crippen LogP contribution in [0.15, 0.2) is 78.9 Å². The van der Waals surface area contributed by atoms with Crippen molar-refractivity contribution in [2.24, 2.45) is 14.1 Å². The molecule has 0 unspecified atom stereocenters. The summed E-state index contributed by atoms with van der Waals surface area (Å²) >= 11 is 0. The van der Waals surface area contributed by atoms with Crippen molar-refractivity contribution in [3.63, 3.8) is 0 Å². The van der Waals surface area contributed by atoms with Gasteiger partial charge in [-0.05, 0) is 31.5 Å². The summed E-state index contributed by atoms with van der Waals surface area (Å²) < 4.78 is 4.20. The maximum absolute atomic E-state index is 14.2. The Morgan fingerprint density at radius 3 is 1.47 bits per heavy atom. The molecule has 0 fully saturated rings. The Labute approximate surface area is 209 Å². The number of carbonyl (C=O) groups excluding carboxylic acids is 2. The van der Waals surface area contributed by atoms with Gasteiger partial charge in [0.15, 0.2) is 0 Å². The van der Waals surface area contributed by atoms with Gasteiger partial charge in [-0.1, -0.05) is 66.7 Å². The molecule has 0 N–H and O–H groups in total. The summed E-state index contributed by atoms with van der Waals surface area (Å²) in [7, 11) is 4.01. The molecule has 0 saturated heterocycles. The van der Waals surface area contributed by atoms with Crippen molar-refractivity contribution in [2.75, 3.05) is 0 Å². The molecule has 2 amide bonds. The first-order valence-corrected chi connectivity index (χ1v) is 12.1. The quantitative estimate of drug-likeness (QED) is 0.311. The average Bonchev–Trinajstić information content (AvgIpc) is 3.40. The molecule has 1 aliphatic heterocycles. The normalized spacial score (nSPS) is 14.2. The second kappa shape index (κ2) is 8.09. The van der Waals surface area contributed by atoms with Crippen molar-refractivity contribution in [1.29, 1.82) is 0 Å². The van der Waals surface area contributed by atoms with Crippen LogP contribution in [-0.2, 0) is 30.2 Å². The van der Waals surface area contributed by atoms with Crippen molar-refractivity contribution >= 4 is 44.8 Å². The van der Waals surface area contributed by atoms with Gasteiger partial charge in [-0.2, -0.15) is 0 Å². The molecule has 0 aliphatic carbocycles. The van der Waals surface area contributed by atoms with Crippen molar-refractivity contribution in [2.45, 2.75) is 20.4 Å². The van der Waals surface area contributed by atoms with E-state index < -0.39 is 0 Å². The highest BCUT2D eigenvalue weighted by molar-refractivity contribution is 6.51. The Morgan fingerprint density at radius 2 is 1.00 bits per heavy atom. The van der Waals surface area contributed by atoms with E-state index in [9.17, 15) is 9.59 Å². The fourth-order valence-electron chi connectivity index (χ4n) is 5.62. The predicted octanol–water partition coefficient (Wildman–Crippen LogP) is 5.77. The lowest BCUT2D eigenvalue weighted by atomic mass is 9.93. The van der Waals surface area contributed by atoms with Crippen molar-refractivity contribution in [1.82, 2.24) is 14.0 Å². The number of aromatic nitrogens is 2. The van der Waals surface area contributed by atoms with Gasteiger partial charge in [-0.3, -0.25) is 14.5 Å². The standard InChI is InChI=1S/C31H27N3O2/c1-19-26(22-14-8-10-16-24(22)32(19)3)28-29(27-20(2)33(4)25-17-11-9-15-23(25)27)31(36)34(30(28)35)18-21-12-6-5-7-13-21/h5-17H,18H2,1-4H3. The van der Waals surface area contributed by atoms with Crippen LogP contribution in [0.2, 0.25) is 0 Å². The molecule has 2 aromatic heterocycles. The highest BCUT2D eigenvalue weighted by Gasteiger charge is 2.42. The van der Waals surface area contributed by atoms with E-state index in [1.54, 1.807) is 0 Å². The fraction of sp³-hybridized carbons (Fsp3) is 0.161. The largest absolute Gasteiger partial charge is 0.347 e. The van der Waals surface area contributed by atoms with E-state index in [0.29, 0.717) is 11.1 Å². The van der Waals surface area contributed by atoms with E-state index in [1.165, 1.54) is 4.90 Å². The maximum atomic E-state index is 14.2. The van der Waals surface area contributed by atoms with Gasteiger partial charge in [-0.15, -0.1) is 0 Å². The summed E-state index contributed by atoms with van der Waals surface area (Å²) in [5, 5.41) is 1.95. The molecule has 0 atom stereocenters. The van der Waals surface area contributed by atoms with Gasteiger partial charge in [0.05, 0.1) is 17.7 Å². The zero-order valence-electron chi connectivity index (χ0n) is 20.9. The minimum atomic E-state index is -0.245. The molecule has 0 saturated carbocycles. The fourth-order valence-corrected chi connectivity index (χ4v) is 5.62. The van der Waals surface area contributed by atoms with Crippen LogP contribution < -0.4 is 0 Å². The highest BCUT2D eigenvalue weighted by Crippen LogP contribution is 2.44. The second-order valence-electron chi connectivity index (χ2n) is 9.51. The van der Waals surface area contributed by atoms with Crippen LogP contribution in [0.25, 0.3) is 33.0 Å². The molecule has 0 radical (unpaired) electrons. The summed E-state index contributed by atoms with van der Waals surface area (Å²) in [6.07, 6.45) is 0. The Morgan fingerprint density at radius 1 is 0.583 bits per heavy atom. The van der Waals surface area contributed by atoms with Gasteiger partial charge in [0.2, 0.25) is 0 Å². The van der Waals surface area contributed by atoms with Crippen LogP contribution in [0, 0.1) is 13.8 Å². The van der Waals surface area contributed by atoms with Crippen LogP contribution >= 0.6 is 0 Å². The molecule has 3 heterocycles. The van der Waals surface area contributed by atoms with Crippen LogP contribution in [0.1, 0.15) is 28.1 Å². The average molecular weight is 474 g/mol. The van der Waals surface area contributed by atoms with E-state index in [2.05, 4.69) is 21.3 Å². The topological polar surface area (TPSA) is 47.2 Å². The van der Waals surface area contributed by atoms with Crippen molar-refractivity contribution in [3.8, 4) is 0 Å². The third-order valence-electron chi connectivity index (χ3n) is 7.65. The molecule has 3 aromatic carbocycles. The van der Waals surface area contributed by atoms with Gasteiger partial charge in [-0.25, -0.2) is 0 Å². The Balaban J connectivity index is 1.68. The first-order chi connectivity index (χ1) is 17.4. The Bertz CT molecular complexity index is 1630. The Hall–Kier alpha value is -4.38. The molecule has 36 heavy (non-hydrogen) atoms. The number of fused-ring (bicyclic) bond motifs is 2. The van der Waals surface area contributed by atoms with Gasteiger partial charge in [0.25, 0.3) is 11.8 Å². The number of amides is 2. The zero-order valence-corrected chi connectivity index (χ0v) is 20.9. The number of imide groups is 1. The SMILES string of the molecule is Cc1c(C2=C(c3c(C)n(C)c4ccccc34)C(=O)N(Cc3ccccc3)C2=O)c2ccccc2n1C. The molecule has 1 aliphatic rings. The lowest BCUT2D eigenvalue weighted by Gasteiger charge is -2.15. The van der Waals surface area contributed by atoms with Crippen LogP contribution in [0.3, 0.4) is 0 Å². The van der Waals surface area contributed by atoms with Crippen molar-refractivity contribution < 1.29 is 9.59 Å². The van der Waals surface area contributed by atoms with Crippen LogP contribution in [-0.4, -0.2) is 25.8 Å². The lowest BCUT2D eigenvalue weighted by molar-refractivity contribution is -0.136. The number of hydrogen-bond donors (Lipinski definition) is 0. The van der Waals surface area contributed by atoms with Gasteiger partial charge >= 0.3 is 0 Å². The molecule has 0 spiro atoms. The number of hydrogen-bond acceptors (Lipinski definition) is 2. The number of para-hydroxylation sites is 2. The number of benzene rings is 3. The van der Waals surface area contributed by atoms with Crippen LogP contribution in [0.4, 0.5) is 0 Å². The van der Waals surface area contributed by atoms with Crippen LogP contribution in [0.5, 0.6) is 0 Å². The van der Waals surface area contributed by atoms with Gasteiger partial charge < -0.3 is 9.13 Å². The highest BCUT2D eigenvalue weighted by atomic mass is 16.2. The third kappa shape index (κ3) is 3.02. The molecule has 5 nitrogen and oxygen atoms in total. The lowest BCUT2D eigenvalue weighted by Crippen LogP contribution is -2.31. The first-order valence-electron chi connectivity index (χ1n) is 12.1. The van der Waals surface area contributed by atoms with E-state index >= 15 is 0 Å². The van der Waals surface area contributed by atoms with E-state index in [0.717, 1.165) is 49.9 Å². The number of nitrogens with zero attached hydrogens (tertiary/aromatic N) is 3. The molecule has 5 aromatic rings. The van der Waals surface area contributed by atoms with E-state index in [4.69, 9.17) is 0 Å². The monoisotopic (exact) mass is 473 g/mol. The maximum Gasteiger partial charge on any atom is 0.262 e. The predicted molar refractivity (Wildman–Crippen MR) is 144 cm³/mol. The minimum Gasteiger partial charge on any atom is -0.347 e. The molecule has 178 valence electrons. The summed E-state index contributed by atoms with van der Waals surface area (Å²) in [4.78, 5) is 29.8. The molecular formula is C31H27N3O2. The summed E-state index contributed by atoms with van der Waals surface area (Å²) in [5.41, 5.74) is 7.57. The number of aryl methyl sites for hydroxylation is 2. The second-order valence-corrected chi connectivity index (χ2v) is 9.51. The zero-order chi connectivity index (χ0) is 25.1. The van der Waals surface area contributed by atoms with Crippen molar-refractivity contribution in [3.05, 3.63) is 107 Å².